The number of halogens is 1. The minimum Gasteiger partial charge on any atom is -0.497 e. The zero-order valence-electron chi connectivity index (χ0n) is 14.7. The van der Waals surface area contributed by atoms with Crippen molar-refractivity contribution in [1.29, 1.82) is 0 Å². The number of aryl methyl sites for hydroxylation is 1. The van der Waals surface area contributed by atoms with E-state index in [0.717, 1.165) is 30.2 Å². The van der Waals surface area contributed by atoms with Gasteiger partial charge in [0.25, 0.3) is 0 Å². The van der Waals surface area contributed by atoms with E-state index in [1.54, 1.807) is 18.0 Å². The first-order valence-corrected chi connectivity index (χ1v) is 8.87. The van der Waals surface area contributed by atoms with E-state index in [9.17, 15) is 0 Å². The van der Waals surface area contributed by atoms with E-state index in [-0.39, 0.29) is 6.04 Å². The second-order valence-electron chi connectivity index (χ2n) is 6.34. The number of nitrogens with zero attached hydrogens (tertiary/aromatic N) is 5. The summed E-state index contributed by atoms with van der Waals surface area (Å²) in [4.78, 5) is 4.74. The normalized spacial score (nSPS) is 17.0. The van der Waals surface area contributed by atoms with Gasteiger partial charge in [-0.15, -0.1) is 0 Å². The van der Waals surface area contributed by atoms with Gasteiger partial charge in [-0.25, -0.2) is 9.67 Å². The lowest BCUT2D eigenvalue weighted by Crippen LogP contribution is -2.12. The summed E-state index contributed by atoms with van der Waals surface area (Å²) in [6.45, 7) is 1.36. The SMILES string of the molecule is COc1ccc(Cc2nc(-c3nn(C)cc3Cl)n(C3CCOC3)n2)cc1. The summed E-state index contributed by atoms with van der Waals surface area (Å²) in [6.07, 6.45) is 3.30. The Balaban J connectivity index is 1.69. The Kier molecular flexibility index (Phi) is 4.65. The molecule has 0 spiro atoms. The molecule has 1 saturated heterocycles. The second kappa shape index (κ2) is 7.09. The molecule has 8 heteroatoms. The fourth-order valence-corrected chi connectivity index (χ4v) is 3.37. The third-order valence-electron chi connectivity index (χ3n) is 4.44. The Morgan fingerprint density at radius 3 is 2.69 bits per heavy atom. The highest BCUT2D eigenvalue weighted by Crippen LogP contribution is 2.29. The van der Waals surface area contributed by atoms with E-state index >= 15 is 0 Å². The van der Waals surface area contributed by atoms with Gasteiger partial charge in [-0.1, -0.05) is 23.7 Å². The van der Waals surface area contributed by atoms with E-state index in [1.807, 2.05) is 36.0 Å². The minimum atomic E-state index is 0.153. The number of aromatic nitrogens is 5. The first-order chi connectivity index (χ1) is 12.6. The summed E-state index contributed by atoms with van der Waals surface area (Å²) in [6, 6.07) is 8.07. The van der Waals surface area contributed by atoms with Crippen LogP contribution in [0.5, 0.6) is 5.75 Å². The fraction of sp³-hybridized carbons (Fsp3) is 0.389. The van der Waals surface area contributed by atoms with E-state index < -0.39 is 0 Å². The maximum absolute atomic E-state index is 6.35. The van der Waals surface area contributed by atoms with Crippen LogP contribution in [0.4, 0.5) is 0 Å². The summed E-state index contributed by atoms with van der Waals surface area (Å²) < 4.78 is 14.3. The third kappa shape index (κ3) is 3.32. The lowest BCUT2D eigenvalue weighted by atomic mass is 10.1. The highest BCUT2D eigenvalue weighted by Gasteiger charge is 2.26. The van der Waals surface area contributed by atoms with Gasteiger partial charge in [0.1, 0.15) is 11.4 Å². The van der Waals surface area contributed by atoms with E-state index in [4.69, 9.17) is 31.2 Å². The Hall–Kier alpha value is -2.38. The van der Waals surface area contributed by atoms with Crippen molar-refractivity contribution in [3.05, 3.63) is 46.9 Å². The van der Waals surface area contributed by atoms with Crippen molar-refractivity contribution in [3.8, 4) is 17.3 Å². The summed E-state index contributed by atoms with van der Waals surface area (Å²) in [5.74, 6) is 2.25. The van der Waals surface area contributed by atoms with Gasteiger partial charge in [0.15, 0.2) is 11.6 Å². The summed E-state index contributed by atoms with van der Waals surface area (Å²) in [5, 5.41) is 9.77. The van der Waals surface area contributed by atoms with Gasteiger partial charge >= 0.3 is 0 Å². The van der Waals surface area contributed by atoms with E-state index in [1.165, 1.54) is 0 Å². The molecule has 7 nitrogen and oxygen atoms in total. The van der Waals surface area contributed by atoms with Crippen molar-refractivity contribution in [2.75, 3.05) is 20.3 Å². The third-order valence-corrected chi connectivity index (χ3v) is 4.72. The number of ether oxygens (including phenoxy) is 2. The number of benzene rings is 1. The molecule has 4 rings (SSSR count). The van der Waals surface area contributed by atoms with Crippen LogP contribution in [-0.2, 0) is 18.2 Å². The maximum atomic E-state index is 6.35. The van der Waals surface area contributed by atoms with Crippen molar-refractivity contribution < 1.29 is 9.47 Å². The maximum Gasteiger partial charge on any atom is 0.180 e. The molecule has 0 aliphatic carbocycles. The Morgan fingerprint density at radius 2 is 2.08 bits per heavy atom. The minimum absolute atomic E-state index is 0.153. The molecule has 1 fully saturated rings. The number of hydrogen-bond donors (Lipinski definition) is 0. The van der Waals surface area contributed by atoms with Crippen LogP contribution < -0.4 is 4.74 Å². The van der Waals surface area contributed by atoms with Gasteiger partial charge in [-0.05, 0) is 24.1 Å². The Morgan fingerprint density at radius 1 is 1.27 bits per heavy atom. The lowest BCUT2D eigenvalue weighted by molar-refractivity contribution is 0.184. The smallest absolute Gasteiger partial charge is 0.180 e. The molecule has 136 valence electrons. The molecular weight excluding hydrogens is 354 g/mol. The average Bonchev–Trinajstić information content (AvgIpc) is 3.35. The predicted molar refractivity (Wildman–Crippen MR) is 97.5 cm³/mol. The van der Waals surface area contributed by atoms with Gasteiger partial charge in [0, 0.05) is 26.3 Å². The van der Waals surface area contributed by atoms with Gasteiger partial charge in [-0.2, -0.15) is 10.2 Å². The van der Waals surface area contributed by atoms with Crippen molar-refractivity contribution in [3.63, 3.8) is 0 Å². The largest absolute Gasteiger partial charge is 0.497 e. The average molecular weight is 374 g/mol. The first kappa shape index (κ1) is 17.1. The van der Waals surface area contributed by atoms with E-state index in [2.05, 4.69) is 5.10 Å². The van der Waals surface area contributed by atoms with Crippen LogP contribution >= 0.6 is 11.6 Å². The molecule has 1 aromatic carbocycles. The molecule has 1 atom stereocenters. The monoisotopic (exact) mass is 373 g/mol. The molecule has 26 heavy (non-hydrogen) atoms. The van der Waals surface area contributed by atoms with Crippen LogP contribution in [0.1, 0.15) is 23.9 Å². The van der Waals surface area contributed by atoms with Gasteiger partial charge in [-0.3, -0.25) is 4.68 Å². The zero-order chi connectivity index (χ0) is 18.1. The van der Waals surface area contributed by atoms with Crippen LogP contribution in [0.3, 0.4) is 0 Å². The first-order valence-electron chi connectivity index (χ1n) is 8.49. The van der Waals surface area contributed by atoms with Gasteiger partial charge in [0.2, 0.25) is 0 Å². The molecule has 2 aromatic heterocycles. The molecule has 0 saturated carbocycles. The van der Waals surface area contributed by atoms with Crippen LogP contribution in [0.15, 0.2) is 30.5 Å². The quantitative estimate of drug-likeness (QED) is 0.688. The molecule has 0 N–H and O–H groups in total. The Labute approximate surface area is 156 Å². The van der Waals surface area contributed by atoms with E-state index in [0.29, 0.717) is 29.6 Å². The summed E-state index contributed by atoms with van der Waals surface area (Å²) in [5.41, 5.74) is 1.76. The molecule has 1 unspecified atom stereocenters. The predicted octanol–water partition coefficient (Wildman–Crippen LogP) is 2.89. The second-order valence-corrected chi connectivity index (χ2v) is 6.74. The van der Waals surface area contributed by atoms with Crippen molar-refractivity contribution in [2.45, 2.75) is 18.9 Å². The topological polar surface area (TPSA) is 67.0 Å². The van der Waals surface area contributed by atoms with Crippen molar-refractivity contribution in [2.24, 2.45) is 7.05 Å². The number of hydrogen-bond acceptors (Lipinski definition) is 5. The molecule has 0 amide bonds. The summed E-state index contributed by atoms with van der Waals surface area (Å²) in [7, 11) is 3.50. The van der Waals surface area contributed by atoms with Gasteiger partial charge in [0.05, 0.1) is 24.8 Å². The van der Waals surface area contributed by atoms with Crippen LogP contribution in [0.2, 0.25) is 5.02 Å². The summed E-state index contributed by atoms with van der Waals surface area (Å²) >= 11 is 6.35. The van der Waals surface area contributed by atoms with Crippen molar-refractivity contribution in [1.82, 2.24) is 24.5 Å². The van der Waals surface area contributed by atoms with Crippen LogP contribution in [0.25, 0.3) is 11.5 Å². The molecular formula is C18H20ClN5O2. The van der Waals surface area contributed by atoms with Crippen LogP contribution in [-0.4, -0.2) is 44.9 Å². The highest BCUT2D eigenvalue weighted by atomic mass is 35.5. The van der Waals surface area contributed by atoms with Crippen molar-refractivity contribution >= 4 is 11.6 Å². The van der Waals surface area contributed by atoms with Crippen LogP contribution in [0, 0.1) is 0 Å². The lowest BCUT2D eigenvalue weighted by Gasteiger charge is -2.10. The highest BCUT2D eigenvalue weighted by molar-refractivity contribution is 6.32. The molecule has 0 bridgehead atoms. The Bertz CT molecular complexity index is 897. The molecule has 1 aliphatic rings. The molecule has 1 aliphatic heterocycles. The molecule has 0 radical (unpaired) electrons. The molecule has 3 aromatic rings. The standard InChI is InChI=1S/C18H20ClN5O2/c1-23-10-15(19)17(22-23)18-20-16(21-24(18)13-7-8-26-11-13)9-12-3-5-14(25-2)6-4-12/h3-6,10,13H,7-9,11H2,1-2H3. The number of rotatable bonds is 5. The fourth-order valence-electron chi connectivity index (χ4n) is 3.11. The zero-order valence-corrected chi connectivity index (χ0v) is 15.5. The molecule has 3 heterocycles. The van der Waals surface area contributed by atoms with Gasteiger partial charge < -0.3 is 9.47 Å². The number of methoxy groups -OCH3 is 1.